The largest absolute Gasteiger partial charge is 0.391 e. The Bertz CT molecular complexity index is 433. The average Bonchev–Trinajstić information content (AvgIpc) is 2.20. The Morgan fingerprint density at radius 2 is 2.12 bits per heavy atom. The molecule has 0 saturated heterocycles. The Labute approximate surface area is 105 Å². The second-order valence-electron chi connectivity index (χ2n) is 4.44. The lowest BCUT2D eigenvalue weighted by Crippen LogP contribution is -2.41. The van der Waals surface area contributed by atoms with E-state index in [2.05, 4.69) is 5.32 Å². The van der Waals surface area contributed by atoms with Crippen LogP contribution < -0.4 is 5.32 Å². The number of nitro groups is 1. The molecule has 0 aromatic heterocycles. The van der Waals surface area contributed by atoms with Gasteiger partial charge >= 0.3 is 0 Å². The van der Waals surface area contributed by atoms with Crippen molar-refractivity contribution < 1.29 is 10.0 Å². The standard InChI is InChI=1S/C11H15ClN2O3/c1-7(15)11(2,3)13-10-5-4-8(14(16)17)6-9(10)12/h4-7,13,15H,1-3H3. The zero-order chi connectivity index (χ0) is 13.2. The summed E-state index contributed by atoms with van der Waals surface area (Å²) >= 11 is 5.94. The highest BCUT2D eigenvalue weighted by atomic mass is 35.5. The van der Waals surface area contributed by atoms with Crippen LogP contribution in [0, 0.1) is 10.1 Å². The molecule has 6 heteroatoms. The molecule has 0 spiro atoms. The van der Waals surface area contributed by atoms with Gasteiger partial charge in [-0.3, -0.25) is 10.1 Å². The zero-order valence-corrected chi connectivity index (χ0v) is 10.7. The fourth-order valence-corrected chi connectivity index (χ4v) is 1.39. The number of nitrogens with one attached hydrogen (secondary N) is 1. The number of rotatable bonds is 4. The summed E-state index contributed by atoms with van der Waals surface area (Å²) in [4.78, 5) is 10.0. The van der Waals surface area contributed by atoms with Gasteiger partial charge in [-0.25, -0.2) is 0 Å². The summed E-state index contributed by atoms with van der Waals surface area (Å²) in [5.41, 5.74) is -0.0710. The van der Waals surface area contributed by atoms with Gasteiger partial charge in [-0.1, -0.05) is 11.6 Å². The van der Waals surface area contributed by atoms with E-state index in [1.165, 1.54) is 18.2 Å². The van der Waals surface area contributed by atoms with E-state index in [4.69, 9.17) is 11.6 Å². The molecule has 1 atom stereocenters. The van der Waals surface area contributed by atoms with Gasteiger partial charge in [0, 0.05) is 12.1 Å². The summed E-state index contributed by atoms with van der Waals surface area (Å²) in [5.74, 6) is 0. The van der Waals surface area contributed by atoms with E-state index in [-0.39, 0.29) is 10.7 Å². The third-order valence-corrected chi connectivity index (χ3v) is 2.98. The molecule has 0 fully saturated rings. The second kappa shape index (κ2) is 4.89. The molecule has 0 aliphatic rings. The molecule has 0 bridgehead atoms. The molecule has 0 aliphatic carbocycles. The van der Waals surface area contributed by atoms with Crippen molar-refractivity contribution in [2.75, 3.05) is 5.32 Å². The van der Waals surface area contributed by atoms with E-state index in [1.807, 2.05) is 13.8 Å². The first kappa shape index (κ1) is 13.7. The summed E-state index contributed by atoms with van der Waals surface area (Å²) in [6.45, 7) is 5.29. The van der Waals surface area contributed by atoms with Crippen LogP contribution in [0.3, 0.4) is 0 Å². The number of nitrogens with zero attached hydrogens (tertiary/aromatic N) is 1. The summed E-state index contributed by atoms with van der Waals surface area (Å²) in [5, 5.41) is 23.4. The van der Waals surface area contributed by atoms with Crippen LogP contribution in [0.25, 0.3) is 0 Å². The molecular weight excluding hydrogens is 244 g/mol. The fraction of sp³-hybridized carbons (Fsp3) is 0.455. The Hall–Kier alpha value is -1.33. The molecule has 94 valence electrons. The van der Waals surface area contributed by atoms with E-state index in [1.54, 1.807) is 6.92 Å². The highest BCUT2D eigenvalue weighted by Crippen LogP contribution is 2.29. The van der Waals surface area contributed by atoms with Gasteiger partial charge in [0.2, 0.25) is 0 Å². The molecule has 0 amide bonds. The van der Waals surface area contributed by atoms with Crippen LogP contribution in [0.2, 0.25) is 5.02 Å². The van der Waals surface area contributed by atoms with Crippen molar-refractivity contribution in [3.63, 3.8) is 0 Å². The number of nitro benzene ring substituents is 1. The van der Waals surface area contributed by atoms with Crippen molar-refractivity contribution in [2.45, 2.75) is 32.4 Å². The molecule has 1 rings (SSSR count). The quantitative estimate of drug-likeness (QED) is 0.643. The Kier molecular flexibility index (Phi) is 3.95. The molecule has 1 unspecified atom stereocenters. The van der Waals surface area contributed by atoms with Crippen molar-refractivity contribution in [3.8, 4) is 0 Å². The summed E-state index contributed by atoms with van der Waals surface area (Å²) < 4.78 is 0. The molecule has 1 aromatic rings. The fourth-order valence-electron chi connectivity index (χ4n) is 1.17. The minimum atomic E-state index is -0.589. The van der Waals surface area contributed by atoms with Crippen LogP contribution in [-0.4, -0.2) is 21.7 Å². The number of hydrogen-bond donors (Lipinski definition) is 2. The number of non-ortho nitro benzene ring substituents is 1. The Balaban J connectivity index is 2.98. The molecule has 0 aliphatic heterocycles. The maximum absolute atomic E-state index is 10.5. The molecule has 17 heavy (non-hydrogen) atoms. The van der Waals surface area contributed by atoms with Crippen molar-refractivity contribution in [1.82, 2.24) is 0 Å². The van der Waals surface area contributed by atoms with E-state index >= 15 is 0 Å². The number of aliphatic hydroxyl groups excluding tert-OH is 1. The predicted molar refractivity (Wildman–Crippen MR) is 67.5 cm³/mol. The van der Waals surface area contributed by atoms with Crippen molar-refractivity contribution in [3.05, 3.63) is 33.3 Å². The van der Waals surface area contributed by atoms with Gasteiger partial charge in [0.15, 0.2) is 0 Å². The van der Waals surface area contributed by atoms with Gasteiger partial charge in [0.1, 0.15) is 0 Å². The van der Waals surface area contributed by atoms with Crippen LogP contribution in [0.1, 0.15) is 20.8 Å². The Morgan fingerprint density at radius 3 is 2.53 bits per heavy atom. The lowest BCUT2D eigenvalue weighted by Gasteiger charge is -2.30. The predicted octanol–water partition coefficient (Wildman–Crippen LogP) is 2.82. The van der Waals surface area contributed by atoms with Gasteiger partial charge < -0.3 is 10.4 Å². The van der Waals surface area contributed by atoms with Crippen LogP contribution in [0.5, 0.6) is 0 Å². The minimum Gasteiger partial charge on any atom is -0.391 e. The van der Waals surface area contributed by atoms with E-state index in [0.717, 1.165) is 0 Å². The monoisotopic (exact) mass is 258 g/mol. The number of benzene rings is 1. The van der Waals surface area contributed by atoms with Gasteiger partial charge in [-0.05, 0) is 26.8 Å². The van der Waals surface area contributed by atoms with E-state index in [9.17, 15) is 15.2 Å². The highest BCUT2D eigenvalue weighted by molar-refractivity contribution is 6.33. The minimum absolute atomic E-state index is 0.0598. The molecule has 0 saturated carbocycles. The number of anilines is 1. The van der Waals surface area contributed by atoms with Crippen LogP contribution in [0.4, 0.5) is 11.4 Å². The summed E-state index contributed by atoms with van der Waals surface area (Å²) in [6.07, 6.45) is -0.589. The lowest BCUT2D eigenvalue weighted by molar-refractivity contribution is -0.384. The second-order valence-corrected chi connectivity index (χ2v) is 4.85. The summed E-state index contributed by atoms with van der Waals surface area (Å²) in [6, 6.07) is 4.18. The SMILES string of the molecule is CC(O)C(C)(C)Nc1ccc([N+](=O)[O-])cc1Cl. The van der Waals surface area contributed by atoms with E-state index < -0.39 is 16.6 Å². The zero-order valence-electron chi connectivity index (χ0n) is 9.90. The normalized spacial score (nSPS) is 13.2. The van der Waals surface area contributed by atoms with Crippen LogP contribution in [0.15, 0.2) is 18.2 Å². The maximum atomic E-state index is 10.5. The number of hydrogen-bond acceptors (Lipinski definition) is 4. The summed E-state index contributed by atoms with van der Waals surface area (Å²) in [7, 11) is 0. The van der Waals surface area contributed by atoms with Crippen LogP contribution in [-0.2, 0) is 0 Å². The topological polar surface area (TPSA) is 75.4 Å². The molecule has 0 radical (unpaired) electrons. The van der Waals surface area contributed by atoms with Gasteiger partial charge in [0.25, 0.3) is 5.69 Å². The average molecular weight is 259 g/mol. The smallest absolute Gasteiger partial charge is 0.271 e. The van der Waals surface area contributed by atoms with Crippen molar-refractivity contribution in [2.24, 2.45) is 0 Å². The van der Waals surface area contributed by atoms with Crippen molar-refractivity contribution in [1.29, 1.82) is 0 Å². The lowest BCUT2D eigenvalue weighted by atomic mass is 9.98. The molecule has 1 aromatic carbocycles. The Morgan fingerprint density at radius 1 is 1.53 bits per heavy atom. The van der Waals surface area contributed by atoms with Gasteiger partial charge in [-0.2, -0.15) is 0 Å². The first-order valence-corrected chi connectivity index (χ1v) is 5.52. The van der Waals surface area contributed by atoms with Crippen molar-refractivity contribution >= 4 is 23.0 Å². The third-order valence-electron chi connectivity index (χ3n) is 2.66. The molecule has 5 nitrogen and oxygen atoms in total. The van der Waals surface area contributed by atoms with Gasteiger partial charge in [-0.15, -0.1) is 0 Å². The number of halogens is 1. The van der Waals surface area contributed by atoms with Crippen LogP contribution >= 0.6 is 11.6 Å². The third kappa shape index (κ3) is 3.31. The maximum Gasteiger partial charge on any atom is 0.271 e. The van der Waals surface area contributed by atoms with E-state index in [0.29, 0.717) is 5.69 Å². The first-order valence-electron chi connectivity index (χ1n) is 5.14. The molecule has 0 heterocycles. The molecular formula is C11H15ClN2O3. The van der Waals surface area contributed by atoms with Gasteiger partial charge in [0.05, 0.1) is 27.3 Å². The first-order chi connectivity index (χ1) is 7.74. The number of aliphatic hydroxyl groups is 1. The highest BCUT2D eigenvalue weighted by Gasteiger charge is 2.24. The molecule has 2 N–H and O–H groups in total.